The van der Waals surface area contributed by atoms with Crippen LogP contribution in [0.25, 0.3) is 6.08 Å². The molecule has 0 saturated heterocycles. The van der Waals surface area contributed by atoms with Gasteiger partial charge in [-0.25, -0.2) is 4.79 Å². The Bertz CT molecular complexity index is 685. The third kappa shape index (κ3) is 5.95. The van der Waals surface area contributed by atoms with Gasteiger partial charge in [-0.2, -0.15) is 0 Å². The lowest BCUT2D eigenvalue weighted by Crippen LogP contribution is -2.36. The molecule has 0 heterocycles. The van der Waals surface area contributed by atoms with Crippen molar-refractivity contribution in [3.8, 4) is 11.5 Å². The third-order valence-corrected chi connectivity index (χ3v) is 4.29. The van der Waals surface area contributed by atoms with Gasteiger partial charge in [0.2, 0.25) is 0 Å². The maximum Gasteiger partial charge on any atom is 0.331 e. The zero-order valence-electron chi connectivity index (χ0n) is 15.2. The van der Waals surface area contributed by atoms with Crippen LogP contribution in [0.5, 0.6) is 11.5 Å². The van der Waals surface area contributed by atoms with Crippen LogP contribution in [0.15, 0.2) is 18.2 Å². The highest BCUT2D eigenvalue weighted by atomic mass is 35.5. The minimum absolute atomic E-state index is 0.121. The second-order valence-corrected chi connectivity index (χ2v) is 6.51. The van der Waals surface area contributed by atoms with Gasteiger partial charge >= 0.3 is 5.97 Å². The largest absolute Gasteiger partial charge is 0.491 e. The Morgan fingerprint density at radius 1 is 1.38 bits per heavy atom. The lowest BCUT2D eigenvalue weighted by molar-refractivity contribution is -0.144. The number of esters is 1. The van der Waals surface area contributed by atoms with E-state index in [1.807, 2.05) is 13.8 Å². The van der Waals surface area contributed by atoms with E-state index in [-0.39, 0.29) is 18.6 Å². The zero-order chi connectivity index (χ0) is 19.1. The fourth-order valence-corrected chi connectivity index (χ4v) is 2.80. The summed E-state index contributed by atoms with van der Waals surface area (Å²) in [7, 11) is 1.51. The van der Waals surface area contributed by atoms with Crippen LogP contribution in [-0.2, 0) is 14.3 Å². The number of rotatable bonds is 9. The van der Waals surface area contributed by atoms with E-state index in [4.69, 9.17) is 25.8 Å². The number of carbonyl (C=O) groups is 2. The molecule has 0 bridgehead atoms. The minimum atomic E-state index is -0.607. The van der Waals surface area contributed by atoms with Crippen molar-refractivity contribution in [1.82, 2.24) is 5.32 Å². The first-order valence-electron chi connectivity index (χ1n) is 8.59. The molecule has 0 unspecified atom stereocenters. The maximum atomic E-state index is 11.8. The topological polar surface area (TPSA) is 73.9 Å². The van der Waals surface area contributed by atoms with Gasteiger partial charge in [-0.3, -0.25) is 4.79 Å². The standard InChI is InChI=1S/C19H24ClNO5/c1-4-25-16-10-13(9-15(20)19(16)24-3)5-8-18(23)26-11-17(22)21-12(2)14-6-7-14/h5,8-10,12,14H,4,6-7,11H2,1-3H3,(H,21,22)/b8-5+/t12-/m1/s1. The van der Waals surface area contributed by atoms with E-state index in [2.05, 4.69) is 5.32 Å². The normalized spacial score (nSPS) is 14.8. The summed E-state index contributed by atoms with van der Waals surface area (Å²) in [5, 5.41) is 3.20. The molecule has 1 aromatic rings. The average Bonchev–Trinajstić information content (AvgIpc) is 3.43. The molecule has 1 aliphatic rings. The van der Waals surface area contributed by atoms with Crippen LogP contribution in [0.4, 0.5) is 0 Å². The summed E-state index contributed by atoms with van der Waals surface area (Å²) in [5.41, 5.74) is 0.656. The second-order valence-electron chi connectivity index (χ2n) is 6.10. The summed E-state index contributed by atoms with van der Waals surface area (Å²) in [4.78, 5) is 23.5. The molecule has 6 nitrogen and oxygen atoms in total. The van der Waals surface area contributed by atoms with Gasteiger partial charge in [0.15, 0.2) is 18.1 Å². The monoisotopic (exact) mass is 381 g/mol. The number of benzene rings is 1. The molecular formula is C19H24ClNO5. The molecule has 1 saturated carbocycles. The fourth-order valence-electron chi connectivity index (χ4n) is 2.50. The van der Waals surface area contributed by atoms with Crippen molar-refractivity contribution < 1.29 is 23.8 Å². The predicted octanol–water partition coefficient (Wildman–Crippen LogP) is 3.22. The van der Waals surface area contributed by atoms with Crippen molar-refractivity contribution in [1.29, 1.82) is 0 Å². The number of nitrogens with one attached hydrogen (secondary N) is 1. The highest BCUT2D eigenvalue weighted by Crippen LogP contribution is 2.36. The first-order valence-corrected chi connectivity index (χ1v) is 8.97. The lowest BCUT2D eigenvalue weighted by Gasteiger charge is -2.12. The number of hydrogen-bond donors (Lipinski definition) is 1. The van der Waals surface area contributed by atoms with Crippen LogP contribution < -0.4 is 14.8 Å². The van der Waals surface area contributed by atoms with E-state index < -0.39 is 5.97 Å². The molecule has 1 atom stereocenters. The Hall–Kier alpha value is -2.21. The predicted molar refractivity (Wildman–Crippen MR) is 99.5 cm³/mol. The van der Waals surface area contributed by atoms with Crippen molar-refractivity contribution in [3.05, 3.63) is 28.8 Å². The molecular weight excluding hydrogens is 358 g/mol. The number of amides is 1. The molecule has 1 aliphatic carbocycles. The highest BCUT2D eigenvalue weighted by Gasteiger charge is 2.28. The quantitative estimate of drug-likeness (QED) is 0.525. The molecule has 0 aliphatic heterocycles. The molecule has 1 N–H and O–H groups in total. The fraction of sp³-hybridized carbons (Fsp3) is 0.474. The Morgan fingerprint density at radius 2 is 2.12 bits per heavy atom. The van der Waals surface area contributed by atoms with Crippen LogP contribution in [0, 0.1) is 5.92 Å². The molecule has 0 spiro atoms. The van der Waals surface area contributed by atoms with Crippen molar-refractivity contribution >= 4 is 29.6 Å². The number of halogens is 1. The Kier molecular flexibility index (Phi) is 7.33. The molecule has 0 aromatic heterocycles. The van der Waals surface area contributed by atoms with Gasteiger partial charge in [-0.1, -0.05) is 11.6 Å². The van der Waals surface area contributed by atoms with Crippen molar-refractivity contribution in [2.24, 2.45) is 5.92 Å². The van der Waals surface area contributed by atoms with Gasteiger partial charge in [0, 0.05) is 12.1 Å². The highest BCUT2D eigenvalue weighted by molar-refractivity contribution is 6.32. The Morgan fingerprint density at radius 3 is 2.73 bits per heavy atom. The second kappa shape index (κ2) is 9.48. The maximum absolute atomic E-state index is 11.8. The number of carbonyl (C=O) groups excluding carboxylic acids is 2. The Balaban J connectivity index is 1.89. The van der Waals surface area contributed by atoms with Crippen LogP contribution in [0.2, 0.25) is 5.02 Å². The average molecular weight is 382 g/mol. The SMILES string of the molecule is CCOc1cc(/C=C/C(=O)OCC(=O)N[C@H](C)C2CC2)cc(Cl)c1OC. The summed E-state index contributed by atoms with van der Waals surface area (Å²) < 4.78 is 15.6. The molecule has 142 valence electrons. The summed E-state index contributed by atoms with van der Waals surface area (Å²) in [6.45, 7) is 3.97. The van der Waals surface area contributed by atoms with Gasteiger partial charge in [0.05, 0.1) is 18.7 Å². The van der Waals surface area contributed by atoms with Crippen LogP contribution in [-0.4, -0.2) is 38.2 Å². The smallest absolute Gasteiger partial charge is 0.331 e. The first-order chi connectivity index (χ1) is 12.4. The number of ether oxygens (including phenoxy) is 3. The van der Waals surface area contributed by atoms with Crippen molar-refractivity contribution in [3.63, 3.8) is 0 Å². The van der Waals surface area contributed by atoms with Crippen LogP contribution >= 0.6 is 11.6 Å². The summed E-state index contributed by atoms with van der Waals surface area (Å²) >= 11 is 6.16. The molecule has 2 rings (SSSR count). The molecule has 0 radical (unpaired) electrons. The van der Waals surface area contributed by atoms with E-state index in [0.717, 1.165) is 12.8 Å². The number of hydrogen-bond acceptors (Lipinski definition) is 5. The van der Waals surface area contributed by atoms with E-state index >= 15 is 0 Å². The zero-order valence-corrected chi connectivity index (χ0v) is 16.0. The van der Waals surface area contributed by atoms with E-state index in [1.165, 1.54) is 13.2 Å². The molecule has 1 aromatic carbocycles. The summed E-state index contributed by atoms with van der Waals surface area (Å²) in [6.07, 6.45) is 5.06. The van der Waals surface area contributed by atoms with Crippen LogP contribution in [0.3, 0.4) is 0 Å². The summed E-state index contributed by atoms with van der Waals surface area (Å²) in [6, 6.07) is 3.48. The van der Waals surface area contributed by atoms with Gasteiger partial charge in [0.25, 0.3) is 5.91 Å². The first kappa shape index (κ1) is 20.1. The molecule has 1 amide bonds. The van der Waals surface area contributed by atoms with E-state index in [1.54, 1.807) is 18.2 Å². The van der Waals surface area contributed by atoms with E-state index in [0.29, 0.717) is 34.6 Å². The third-order valence-electron chi connectivity index (χ3n) is 4.01. The van der Waals surface area contributed by atoms with E-state index in [9.17, 15) is 9.59 Å². The minimum Gasteiger partial charge on any atom is -0.491 e. The van der Waals surface area contributed by atoms with Gasteiger partial charge in [0.1, 0.15) is 0 Å². The Labute approximate surface area is 158 Å². The van der Waals surface area contributed by atoms with Crippen molar-refractivity contribution in [2.45, 2.75) is 32.7 Å². The summed E-state index contributed by atoms with van der Waals surface area (Å²) in [5.74, 6) is 0.578. The van der Waals surface area contributed by atoms with Gasteiger partial charge < -0.3 is 19.5 Å². The molecule has 26 heavy (non-hydrogen) atoms. The molecule has 1 fully saturated rings. The number of methoxy groups -OCH3 is 1. The molecule has 7 heteroatoms. The van der Waals surface area contributed by atoms with Crippen LogP contribution in [0.1, 0.15) is 32.3 Å². The lowest BCUT2D eigenvalue weighted by atomic mass is 10.2. The van der Waals surface area contributed by atoms with Gasteiger partial charge in [-0.15, -0.1) is 0 Å². The van der Waals surface area contributed by atoms with Gasteiger partial charge in [-0.05, 0) is 56.4 Å². The van der Waals surface area contributed by atoms with Crippen molar-refractivity contribution in [2.75, 3.05) is 20.3 Å².